The Morgan fingerprint density at radius 3 is 2.50 bits per heavy atom. The number of hydrogen-bond acceptors (Lipinski definition) is 4. The van der Waals surface area contributed by atoms with E-state index in [4.69, 9.17) is 9.84 Å². The normalized spacial score (nSPS) is 27.2. The summed E-state index contributed by atoms with van der Waals surface area (Å²) in [5.41, 5.74) is 0. The molecule has 20 heavy (non-hydrogen) atoms. The number of methoxy groups -OCH3 is 1. The van der Waals surface area contributed by atoms with E-state index in [9.17, 15) is 14.7 Å². The van der Waals surface area contributed by atoms with E-state index in [2.05, 4.69) is 5.32 Å². The van der Waals surface area contributed by atoms with E-state index >= 15 is 0 Å². The Kier molecular flexibility index (Phi) is 6.95. The fourth-order valence-corrected chi connectivity index (χ4v) is 2.90. The van der Waals surface area contributed by atoms with Gasteiger partial charge in [0.05, 0.1) is 24.5 Å². The Balaban J connectivity index is 2.65. The molecule has 0 aliphatic heterocycles. The molecule has 0 aromatic rings. The number of aliphatic carboxylic acids is 1. The lowest BCUT2D eigenvalue weighted by Crippen LogP contribution is -2.43. The van der Waals surface area contributed by atoms with Crippen LogP contribution in [-0.2, 0) is 14.3 Å². The van der Waals surface area contributed by atoms with E-state index in [1.165, 1.54) is 7.11 Å². The second-order valence-corrected chi connectivity index (χ2v) is 5.47. The molecule has 0 bridgehead atoms. The van der Waals surface area contributed by atoms with Crippen LogP contribution in [0.2, 0.25) is 0 Å². The average molecular weight is 287 g/mol. The van der Waals surface area contributed by atoms with Crippen LogP contribution in [0, 0.1) is 17.8 Å². The van der Waals surface area contributed by atoms with Gasteiger partial charge in [0.2, 0.25) is 5.91 Å². The van der Waals surface area contributed by atoms with Gasteiger partial charge in [0.1, 0.15) is 0 Å². The van der Waals surface area contributed by atoms with Gasteiger partial charge in [-0.15, -0.1) is 0 Å². The molecule has 4 atom stereocenters. The lowest BCUT2D eigenvalue weighted by molar-refractivity contribution is -0.146. The quantitative estimate of drug-likeness (QED) is 0.609. The molecule has 116 valence electrons. The van der Waals surface area contributed by atoms with Crippen LogP contribution in [0.25, 0.3) is 0 Å². The van der Waals surface area contributed by atoms with Crippen LogP contribution in [0.15, 0.2) is 0 Å². The number of ether oxygens (including phenoxy) is 1. The third kappa shape index (κ3) is 4.45. The zero-order chi connectivity index (χ0) is 15.1. The first-order valence-corrected chi connectivity index (χ1v) is 7.16. The van der Waals surface area contributed by atoms with E-state index < -0.39 is 17.8 Å². The van der Waals surface area contributed by atoms with Crippen molar-refractivity contribution in [2.24, 2.45) is 17.8 Å². The number of carboxylic acids is 1. The van der Waals surface area contributed by atoms with Crippen molar-refractivity contribution in [1.82, 2.24) is 5.32 Å². The molecule has 0 radical (unpaired) electrons. The summed E-state index contributed by atoms with van der Waals surface area (Å²) in [7, 11) is 1.53. The van der Waals surface area contributed by atoms with Crippen molar-refractivity contribution < 1.29 is 24.5 Å². The first kappa shape index (κ1) is 16.9. The predicted molar refractivity (Wildman–Crippen MR) is 73.1 cm³/mol. The zero-order valence-corrected chi connectivity index (χ0v) is 12.2. The topological polar surface area (TPSA) is 95.9 Å². The van der Waals surface area contributed by atoms with Gasteiger partial charge in [0, 0.05) is 13.7 Å². The summed E-state index contributed by atoms with van der Waals surface area (Å²) >= 11 is 0. The van der Waals surface area contributed by atoms with Gasteiger partial charge in [0.25, 0.3) is 0 Å². The summed E-state index contributed by atoms with van der Waals surface area (Å²) in [5.74, 6) is -1.91. The van der Waals surface area contributed by atoms with Crippen molar-refractivity contribution in [3.05, 3.63) is 0 Å². The molecule has 0 spiro atoms. The van der Waals surface area contributed by atoms with Crippen molar-refractivity contribution in [3.63, 3.8) is 0 Å². The standard InChI is InChI=1S/C14H25NO5/c1-3-9-6-11(12(7-9)14(18)19)13(17)15-10(4-5-16)8-20-2/h9-12,16H,3-8H2,1-2H3,(H,15,17)(H,18,19)/t9?,10?,11-,12+/m0/s1. The van der Waals surface area contributed by atoms with E-state index in [0.29, 0.717) is 31.8 Å². The van der Waals surface area contributed by atoms with Crippen LogP contribution in [-0.4, -0.2) is 48.5 Å². The molecular formula is C14H25NO5. The number of aliphatic hydroxyl groups excluding tert-OH is 1. The average Bonchev–Trinajstić information content (AvgIpc) is 2.83. The summed E-state index contributed by atoms with van der Waals surface area (Å²) < 4.78 is 4.99. The van der Waals surface area contributed by atoms with Crippen LogP contribution >= 0.6 is 0 Å². The summed E-state index contributed by atoms with van der Waals surface area (Å²) in [6.07, 6.45) is 2.49. The van der Waals surface area contributed by atoms with E-state index in [1.54, 1.807) is 0 Å². The lowest BCUT2D eigenvalue weighted by atomic mass is 9.95. The van der Waals surface area contributed by atoms with Crippen LogP contribution in [0.5, 0.6) is 0 Å². The molecule has 6 heteroatoms. The Bertz CT molecular complexity index is 328. The molecule has 3 N–H and O–H groups in total. The maximum Gasteiger partial charge on any atom is 0.307 e. The van der Waals surface area contributed by atoms with Gasteiger partial charge < -0.3 is 20.3 Å². The first-order valence-electron chi connectivity index (χ1n) is 7.16. The minimum Gasteiger partial charge on any atom is -0.481 e. The van der Waals surface area contributed by atoms with Gasteiger partial charge in [-0.1, -0.05) is 13.3 Å². The maximum atomic E-state index is 12.3. The Morgan fingerprint density at radius 1 is 1.35 bits per heavy atom. The largest absolute Gasteiger partial charge is 0.481 e. The first-order chi connectivity index (χ1) is 9.53. The summed E-state index contributed by atoms with van der Waals surface area (Å²) in [4.78, 5) is 23.5. The molecule has 0 heterocycles. The van der Waals surface area contributed by atoms with Crippen molar-refractivity contribution in [3.8, 4) is 0 Å². The molecule has 2 unspecified atom stereocenters. The van der Waals surface area contributed by atoms with Gasteiger partial charge >= 0.3 is 5.97 Å². The summed E-state index contributed by atoms with van der Waals surface area (Å²) in [6.45, 7) is 2.29. The van der Waals surface area contributed by atoms with Crippen molar-refractivity contribution in [2.75, 3.05) is 20.3 Å². The van der Waals surface area contributed by atoms with Gasteiger partial charge in [-0.05, 0) is 25.2 Å². The number of carbonyl (C=O) groups excluding carboxylic acids is 1. The van der Waals surface area contributed by atoms with Crippen molar-refractivity contribution in [1.29, 1.82) is 0 Å². The Labute approximate surface area is 119 Å². The molecule has 1 aliphatic rings. The molecule has 6 nitrogen and oxygen atoms in total. The number of aliphatic hydroxyl groups is 1. The molecule has 1 aliphatic carbocycles. The van der Waals surface area contributed by atoms with Crippen LogP contribution < -0.4 is 5.32 Å². The number of nitrogens with one attached hydrogen (secondary N) is 1. The third-order valence-electron chi connectivity index (χ3n) is 4.08. The zero-order valence-electron chi connectivity index (χ0n) is 12.2. The highest BCUT2D eigenvalue weighted by molar-refractivity contribution is 5.85. The van der Waals surface area contributed by atoms with Gasteiger partial charge in [0.15, 0.2) is 0 Å². The van der Waals surface area contributed by atoms with E-state index in [-0.39, 0.29) is 18.6 Å². The SMILES string of the molecule is CCC1C[C@H](C(=O)NC(CCO)COC)[C@H](C(=O)O)C1. The summed E-state index contributed by atoms with van der Waals surface area (Å²) in [6, 6.07) is -0.271. The molecule has 1 saturated carbocycles. The maximum absolute atomic E-state index is 12.3. The minimum absolute atomic E-state index is 0.0427. The summed E-state index contributed by atoms with van der Waals surface area (Å²) in [5, 5.41) is 21.0. The van der Waals surface area contributed by atoms with Crippen LogP contribution in [0.3, 0.4) is 0 Å². The molecule has 0 aromatic carbocycles. The molecule has 1 fully saturated rings. The second kappa shape index (κ2) is 8.21. The monoisotopic (exact) mass is 287 g/mol. The highest BCUT2D eigenvalue weighted by Crippen LogP contribution is 2.38. The Hall–Kier alpha value is -1.14. The van der Waals surface area contributed by atoms with Crippen molar-refractivity contribution in [2.45, 2.75) is 38.6 Å². The smallest absolute Gasteiger partial charge is 0.307 e. The molecule has 0 saturated heterocycles. The fraction of sp³-hybridized carbons (Fsp3) is 0.857. The number of hydrogen-bond donors (Lipinski definition) is 3. The lowest BCUT2D eigenvalue weighted by Gasteiger charge is -2.21. The van der Waals surface area contributed by atoms with Gasteiger partial charge in [-0.25, -0.2) is 0 Å². The fourth-order valence-electron chi connectivity index (χ4n) is 2.90. The van der Waals surface area contributed by atoms with Gasteiger partial charge in [-0.3, -0.25) is 9.59 Å². The number of carbonyl (C=O) groups is 2. The number of rotatable bonds is 8. The minimum atomic E-state index is -0.897. The molecular weight excluding hydrogens is 262 g/mol. The number of amides is 1. The highest BCUT2D eigenvalue weighted by atomic mass is 16.5. The van der Waals surface area contributed by atoms with Crippen molar-refractivity contribution >= 4 is 11.9 Å². The second-order valence-electron chi connectivity index (χ2n) is 5.47. The van der Waals surface area contributed by atoms with E-state index in [1.807, 2.05) is 6.92 Å². The predicted octanol–water partition coefficient (Wildman–Crippen LogP) is 0.637. The van der Waals surface area contributed by atoms with Gasteiger partial charge in [-0.2, -0.15) is 0 Å². The highest BCUT2D eigenvalue weighted by Gasteiger charge is 2.42. The van der Waals surface area contributed by atoms with E-state index in [0.717, 1.165) is 6.42 Å². The molecule has 0 aromatic heterocycles. The third-order valence-corrected chi connectivity index (χ3v) is 4.08. The number of carboxylic acid groups (broad SMARTS) is 1. The molecule has 1 rings (SSSR count). The van der Waals surface area contributed by atoms with Crippen LogP contribution in [0.4, 0.5) is 0 Å². The molecule has 1 amide bonds. The van der Waals surface area contributed by atoms with Crippen LogP contribution in [0.1, 0.15) is 32.6 Å². The Morgan fingerprint density at radius 2 is 2.00 bits per heavy atom.